The van der Waals surface area contributed by atoms with E-state index in [0.717, 1.165) is 17.5 Å². The Balaban J connectivity index is 1.62. The average Bonchev–Trinajstić information content (AvgIpc) is 3.16. The number of hydrogen-bond donors (Lipinski definition) is 2. The highest BCUT2D eigenvalue weighted by molar-refractivity contribution is 6.06. The topological polar surface area (TPSA) is 87.5 Å². The van der Waals surface area contributed by atoms with Crippen LogP contribution in [0.3, 0.4) is 0 Å². The second kappa shape index (κ2) is 9.54. The molecule has 8 heteroatoms. The van der Waals surface area contributed by atoms with E-state index >= 15 is 0 Å². The van der Waals surface area contributed by atoms with Gasteiger partial charge in [0.15, 0.2) is 5.69 Å². The number of para-hydroxylation sites is 1. The molecule has 2 N–H and O–H groups in total. The van der Waals surface area contributed by atoms with Gasteiger partial charge in [-0.05, 0) is 42.0 Å². The van der Waals surface area contributed by atoms with Crippen molar-refractivity contribution in [2.24, 2.45) is 5.41 Å². The lowest BCUT2D eigenvalue weighted by molar-refractivity contribution is -0.138. The summed E-state index contributed by atoms with van der Waals surface area (Å²) in [4.78, 5) is 28.4. The van der Waals surface area contributed by atoms with Gasteiger partial charge in [-0.15, -0.1) is 0 Å². The summed E-state index contributed by atoms with van der Waals surface area (Å²) in [6.45, 7) is 6.93. The maximum Gasteiger partial charge on any atom is 0.273 e. The molecule has 0 aliphatic carbocycles. The number of halogens is 1. The standard InChI is InChI=1S/C26H31FN4O3/c1-26(2,3)23(25(34)30-14-6-7-19(32)16-30)28-24(33)22-20-8-4-5-9-21(20)31(29-22)15-17-10-12-18(27)13-11-17/h4-5,8-13,19,23,32H,6-7,14-16H2,1-3H3,(H,28,33). The van der Waals surface area contributed by atoms with Crippen molar-refractivity contribution in [2.75, 3.05) is 13.1 Å². The van der Waals surface area contributed by atoms with Crippen LogP contribution in [0.1, 0.15) is 49.7 Å². The number of β-amino-alcohol motifs (C(OH)–C–C–N with tert-alkyl or cyclic N) is 1. The molecule has 2 heterocycles. The molecule has 3 aromatic rings. The summed E-state index contributed by atoms with van der Waals surface area (Å²) in [5, 5.41) is 18.2. The largest absolute Gasteiger partial charge is 0.391 e. The Kier molecular flexibility index (Phi) is 6.70. The Labute approximate surface area is 198 Å². The number of aliphatic hydroxyl groups excluding tert-OH is 1. The first-order valence-electron chi connectivity index (χ1n) is 11.6. The Bertz CT molecular complexity index is 1180. The van der Waals surface area contributed by atoms with Crippen molar-refractivity contribution in [1.29, 1.82) is 0 Å². The number of aromatic nitrogens is 2. The number of carbonyl (C=O) groups is 2. The van der Waals surface area contributed by atoms with Gasteiger partial charge in [-0.2, -0.15) is 5.10 Å². The molecule has 2 atom stereocenters. The molecule has 0 spiro atoms. The lowest BCUT2D eigenvalue weighted by Gasteiger charge is -2.37. The van der Waals surface area contributed by atoms with Crippen LogP contribution in [0.5, 0.6) is 0 Å². The maximum absolute atomic E-state index is 13.4. The maximum atomic E-state index is 13.4. The van der Waals surface area contributed by atoms with Crippen LogP contribution in [-0.4, -0.2) is 56.8 Å². The van der Waals surface area contributed by atoms with Crippen molar-refractivity contribution in [2.45, 2.75) is 52.3 Å². The first kappa shape index (κ1) is 23.9. The number of fused-ring (bicyclic) bond motifs is 1. The molecule has 2 unspecified atom stereocenters. The monoisotopic (exact) mass is 466 g/mol. The highest BCUT2D eigenvalue weighted by Gasteiger charge is 2.37. The second-order valence-electron chi connectivity index (χ2n) is 10.0. The molecule has 34 heavy (non-hydrogen) atoms. The zero-order chi connectivity index (χ0) is 24.5. The van der Waals surface area contributed by atoms with Gasteiger partial charge in [0.25, 0.3) is 5.91 Å². The Morgan fingerprint density at radius 2 is 1.88 bits per heavy atom. The number of likely N-dealkylation sites (tertiary alicyclic amines) is 1. The van der Waals surface area contributed by atoms with Crippen molar-refractivity contribution in [3.63, 3.8) is 0 Å². The number of rotatable bonds is 5. The van der Waals surface area contributed by atoms with E-state index in [-0.39, 0.29) is 24.0 Å². The van der Waals surface area contributed by atoms with Crippen molar-refractivity contribution in [3.8, 4) is 0 Å². The number of hydrogen-bond acceptors (Lipinski definition) is 4. The smallest absolute Gasteiger partial charge is 0.273 e. The molecule has 1 saturated heterocycles. The number of nitrogens with zero attached hydrogens (tertiary/aromatic N) is 3. The van der Waals surface area contributed by atoms with Gasteiger partial charge in [0.1, 0.15) is 11.9 Å². The summed E-state index contributed by atoms with van der Waals surface area (Å²) in [5.41, 5.74) is 1.32. The van der Waals surface area contributed by atoms with E-state index in [4.69, 9.17) is 0 Å². The first-order chi connectivity index (χ1) is 16.1. The zero-order valence-corrected chi connectivity index (χ0v) is 19.8. The number of piperidine rings is 1. The minimum absolute atomic E-state index is 0.199. The predicted octanol–water partition coefficient (Wildman–Crippen LogP) is 3.35. The number of carbonyl (C=O) groups excluding carboxylic acids is 2. The average molecular weight is 467 g/mol. The first-order valence-corrected chi connectivity index (χ1v) is 11.6. The second-order valence-corrected chi connectivity index (χ2v) is 10.0. The molecule has 2 aromatic carbocycles. The number of benzene rings is 2. The van der Waals surface area contributed by atoms with Gasteiger partial charge in [0, 0.05) is 18.5 Å². The molecule has 4 rings (SSSR count). The van der Waals surface area contributed by atoms with E-state index < -0.39 is 23.5 Å². The third-order valence-electron chi connectivity index (χ3n) is 6.22. The summed E-state index contributed by atoms with van der Waals surface area (Å²) in [6, 6.07) is 12.8. The lowest BCUT2D eigenvalue weighted by atomic mass is 9.85. The van der Waals surface area contributed by atoms with Crippen LogP contribution in [0.2, 0.25) is 0 Å². The third-order valence-corrected chi connectivity index (χ3v) is 6.22. The van der Waals surface area contributed by atoms with Crippen LogP contribution in [0.4, 0.5) is 4.39 Å². The molecule has 0 bridgehead atoms. The zero-order valence-electron chi connectivity index (χ0n) is 19.8. The van der Waals surface area contributed by atoms with Crippen molar-refractivity contribution < 1.29 is 19.1 Å². The minimum Gasteiger partial charge on any atom is -0.391 e. The molecule has 180 valence electrons. The van der Waals surface area contributed by atoms with Gasteiger partial charge in [0.2, 0.25) is 5.91 Å². The minimum atomic E-state index is -0.772. The summed E-state index contributed by atoms with van der Waals surface area (Å²) in [6.07, 6.45) is 0.865. The lowest BCUT2D eigenvalue weighted by Crippen LogP contribution is -2.57. The van der Waals surface area contributed by atoms with E-state index in [1.54, 1.807) is 21.7 Å². The molecular formula is C26H31FN4O3. The fraction of sp³-hybridized carbons (Fsp3) is 0.423. The summed E-state index contributed by atoms with van der Waals surface area (Å²) in [5.74, 6) is -0.942. The summed E-state index contributed by atoms with van der Waals surface area (Å²) >= 11 is 0. The molecule has 1 fully saturated rings. The quantitative estimate of drug-likeness (QED) is 0.604. The molecule has 7 nitrogen and oxygen atoms in total. The number of amides is 2. The van der Waals surface area contributed by atoms with Gasteiger partial charge in [-0.1, -0.05) is 51.1 Å². The predicted molar refractivity (Wildman–Crippen MR) is 128 cm³/mol. The van der Waals surface area contributed by atoms with E-state index in [2.05, 4.69) is 10.4 Å². The fourth-order valence-corrected chi connectivity index (χ4v) is 4.36. The highest BCUT2D eigenvalue weighted by Crippen LogP contribution is 2.25. The van der Waals surface area contributed by atoms with Crippen LogP contribution in [-0.2, 0) is 11.3 Å². The van der Waals surface area contributed by atoms with Crippen LogP contribution >= 0.6 is 0 Å². The molecule has 1 aromatic heterocycles. The van der Waals surface area contributed by atoms with Crippen molar-refractivity contribution in [1.82, 2.24) is 20.0 Å². The number of aliphatic hydroxyl groups is 1. The van der Waals surface area contributed by atoms with Crippen molar-refractivity contribution in [3.05, 3.63) is 65.6 Å². The van der Waals surface area contributed by atoms with E-state index in [1.165, 1.54) is 12.1 Å². The molecule has 2 amide bonds. The van der Waals surface area contributed by atoms with E-state index in [0.29, 0.717) is 24.9 Å². The summed E-state index contributed by atoms with van der Waals surface area (Å²) < 4.78 is 15.0. The van der Waals surface area contributed by atoms with Crippen LogP contribution in [0, 0.1) is 11.2 Å². The third kappa shape index (κ3) is 5.12. The van der Waals surface area contributed by atoms with Crippen LogP contribution in [0.15, 0.2) is 48.5 Å². The molecule has 0 radical (unpaired) electrons. The molecule has 1 aliphatic heterocycles. The molecular weight excluding hydrogens is 435 g/mol. The van der Waals surface area contributed by atoms with Gasteiger partial charge < -0.3 is 15.3 Å². The Morgan fingerprint density at radius 1 is 1.18 bits per heavy atom. The van der Waals surface area contributed by atoms with Gasteiger partial charge >= 0.3 is 0 Å². The SMILES string of the molecule is CC(C)(C)C(NC(=O)c1nn(Cc2ccc(F)cc2)c2ccccc12)C(=O)N1CCCC(O)C1. The van der Waals surface area contributed by atoms with Gasteiger partial charge in [0.05, 0.1) is 18.2 Å². The van der Waals surface area contributed by atoms with Crippen molar-refractivity contribution >= 4 is 22.7 Å². The fourth-order valence-electron chi connectivity index (χ4n) is 4.36. The normalized spacial score (nSPS) is 17.6. The van der Waals surface area contributed by atoms with Crippen LogP contribution < -0.4 is 5.32 Å². The Hall–Kier alpha value is -3.26. The number of nitrogens with one attached hydrogen (secondary N) is 1. The highest BCUT2D eigenvalue weighted by atomic mass is 19.1. The van der Waals surface area contributed by atoms with E-state index in [1.807, 2.05) is 45.0 Å². The van der Waals surface area contributed by atoms with E-state index in [9.17, 15) is 19.1 Å². The van der Waals surface area contributed by atoms with Gasteiger partial charge in [-0.3, -0.25) is 14.3 Å². The Morgan fingerprint density at radius 3 is 2.56 bits per heavy atom. The molecule has 0 saturated carbocycles. The van der Waals surface area contributed by atoms with Gasteiger partial charge in [-0.25, -0.2) is 4.39 Å². The molecule has 1 aliphatic rings. The van der Waals surface area contributed by atoms with Crippen LogP contribution in [0.25, 0.3) is 10.9 Å². The summed E-state index contributed by atoms with van der Waals surface area (Å²) in [7, 11) is 0.